The number of rotatable bonds is 4. The van der Waals surface area contributed by atoms with Crippen molar-refractivity contribution < 1.29 is 24.2 Å². The summed E-state index contributed by atoms with van der Waals surface area (Å²) in [7, 11) is 0. The third-order valence-electron chi connectivity index (χ3n) is 4.18. The topological polar surface area (TPSA) is 95.9 Å². The van der Waals surface area contributed by atoms with Gasteiger partial charge in [0.1, 0.15) is 5.57 Å². The summed E-state index contributed by atoms with van der Waals surface area (Å²) in [6.07, 6.45) is 1.34. The van der Waals surface area contributed by atoms with Crippen molar-refractivity contribution in [2.45, 2.75) is 13.8 Å². The third kappa shape index (κ3) is 4.23. The number of nitrogens with one attached hydrogen (secondary N) is 1. The number of hydrogen-bond donors (Lipinski definition) is 2. The van der Waals surface area contributed by atoms with Gasteiger partial charge in [0.05, 0.1) is 15.9 Å². The van der Waals surface area contributed by atoms with E-state index in [-0.39, 0.29) is 22.8 Å². The van der Waals surface area contributed by atoms with Crippen LogP contribution in [0.4, 0.5) is 10.5 Å². The van der Waals surface area contributed by atoms with Crippen LogP contribution in [0.25, 0.3) is 6.08 Å². The van der Waals surface area contributed by atoms with Crippen molar-refractivity contribution in [2.24, 2.45) is 0 Å². The van der Waals surface area contributed by atoms with E-state index in [1.165, 1.54) is 18.2 Å². The molecule has 0 spiro atoms. The lowest BCUT2D eigenvalue weighted by Gasteiger charge is -2.26. The van der Waals surface area contributed by atoms with Crippen LogP contribution in [0.5, 0.6) is 11.5 Å². The average Bonchev–Trinajstić information content (AvgIpc) is 2.65. The van der Waals surface area contributed by atoms with Gasteiger partial charge in [0.2, 0.25) is 0 Å². The summed E-state index contributed by atoms with van der Waals surface area (Å²) >= 11 is 8.03. The lowest BCUT2D eigenvalue weighted by Crippen LogP contribution is -2.54. The van der Waals surface area contributed by atoms with E-state index in [9.17, 15) is 19.5 Å². The number of phenols is 1. The Morgan fingerprint density at radius 2 is 1.97 bits per heavy atom. The normalized spacial score (nSPS) is 15.7. The highest BCUT2D eigenvalue weighted by Gasteiger charge is 2.37. The largest absolute Gasteiger partial charge is 0.504 e. The monoisotopic (exact) mass is 526 g/mol. The minimum Gasteiger partial charge on any atom is -0.504 e. The molecule has 0 aromatic heterocycles. The van der Waals surface area contributed by atoms with Crippen molar-refractivity contribution in [2.75, 3.05) is 11.5 Å². The quantitative estimate of drug-likeness (QED) is 0.356. The fourth-order valence-corrected chi connectivity index (χ4v) is 3.52. The summed E-state index contributed by atoms with van der Waals surface area (Å²) in [4.78, 5) is 38.4. The standard InChI is InChI=1S/C20H16ClIN2O5/c1-3-29-16-8-11(7-15(22)17(16)25)6-13-18(26)23-20(28)24(19(13)27)12-5-4-10(2)14(21)9-12/h4-9,25H,3H2,1-2H3,(H,23,26,28). The summed E-state index contributed by atoms with van der Waals surface area (Å²) in [5, 5.41) is 12.6. The maximum Gasteiger partial charge on any atom is 0.335 e. The molecule has 0 saturated carbocycles. The van der Waals surface area contributed by atoms with Crippen LogP contribution in [0.2, 0.25) is 5.02 Å². The second kappa shape index (κ2) is 8.42. The number of anilines is 1. The number of benzene rings is 2. The van der Waals surface area contributed by atoms with Crippen molar-refractivity contribution >= 4 is 63.8 Å². The highest BCUT2D eigenvalue weighted by molar-refractivity contribution is 14.1. The van der Waals surface area contributed by atoms with Gasteiger partial charge in [-0.15, -0.1) is 0 Å². The van der Waals surface area contributed by atoms with E-state index in [2.05, 4.69) is 5.32 Å². The Morgan fingerprint density at radius 1 is 1.24 bits per heavy atom. The van der Waals surface area contributed by atoms with Crippen LogP contribution in [0.1, 0.15) is 18.1 Å². The first-order valence-corrected chi connectivity index (χ1v) is 10.0. The average molecular weight is 527 g/mol. The Hall–Kier alpha value is -2.59. The highest BCUT2D eigenvalue weighted by Crippen LogP contribution is 2.34. The second-order valence-corrected chi connectivity index (χ2v) is 7.74. The lowest BCUT2D eigenvalue weighted by molar-refractivity contribution is -0.122. The van der Waals surface area contributed by atoms with Gasteiger partial charge in [-0.3, -0.25) is 14.9 Å². The third-order valence-corrected chi connectivity index (χ3v) is 5.41. The summed E-state index contributed by atoms with van der Waals surface area (Å²) < 4.78 is 5.87. The van der Waals surface area contributed by atoms with Crippen molar-refractivity contribution in [3.8, 4) is 11.5 Å². The molecule has 1 heterocycles. The van der Waals surface area contributed by atoms with Gasteiger partial charge in [0.25, 0.3) is 11.8 Å². The van der Waals surface area contributed by atoms with Crippen LogP contribution < -0.4 is 15.0 Å². The maximum atomic E-state index is 13.0. The lowest BCUT2D eigenvalue weighted by atomic mass is 10.1. The zero-order valence-electron chi connectivity index (χ0n) is 15.5. The molecular weight excluding hydrogens is 511 g/mol. The molecule has 1 fully saturated rings. The van der Waals surface area contributed by atoms with Crippen LogP contribution in [-0.4, -0.2) is 29.6 Å². The number of barbiturate groups is 1. The van der Waals surface area contributed by atoms with E-state index in [0.29, 0.717) is 20.8 Å². The van der Waals surface area contributed by atoms with Gasteiger partial charge in [-0.25, -0.2) is 9.69 Å². The molecule has 2 aromatic rings. The summed E-state index contributed by atoms with van der Waals surface area (Å²) in [6, 6.07) is 6.98. The van der Waals surface area contributed by atoms with Crippen LogP contribution >= 0.6 is 34.2 Å². The number of phenolic OH excluding ortho intramolecular Hbond substituents is 1. The summed E-state index contributed by atoms with van der Waals surface area (Å²) in [5.74, 6) is -1.39. The molecule has 4 amide bonds. The molecule has 3 rings (SSSR count). The maximum absolute atomic E-state index is 13.0. The SMILES string of the molecule is CCOc1cc(C=C2C(=O)NC(=O)N(c3ccc(C)c(Cl)c3)C2=O)cc(I)c1O. The molecule has 1 aliphatic rings. The molecule has 7 nitrogen and oxygen atoms in total. The number of hydrogen-bond acceptors (Lipinski definition) is 5. The first-order valence-electron chi connectivity index (χ1n) is 8.55. The molecule has 0 atom stereocenters. The fourth-order valence-electron chi connectivity index (χ4n) is 2.72. The minimum absolute atomic E-state index is 0.0277. The smallest absolute Gasteiger partial charge is 0.335 e. The molecule has 1 saturated heterocycles. The number of aromatic hydroxyl groups is 1. The molecule has 0 unspecified atom stereocenters. The molecule has 9 heteroatoms. The van der Waals surface area contributed by atoms with Crippen LogP contribution in [0.3, 0.4) is 0 Å². The first kappa shape index (κ1) is 21.1. The number of amides is 4. The number of nitrogens with zero attached hydrogens (tertiary/aromatic N) is 1. The van der Waals surface area contributed by atoms with Gasteiger partial charge in [-0.05, 0) is 77.9 Å². The van der Waals surface area contributed by atoms with Gasteiger partial charge in [-0.2, -0.15) is 0 Å². The highest BCUT2D eigenvalue weighted by atomic mass is 127. The number of carbonyl (C=O) groups excluding carboxylic acids is 3. The number of halogens is 2. The molecule has 0 radical (unpaired) electrons. The molecule has 0 aliphatic carbocycles. The van der Waals surface area contributed by atoms with Crippen molar-refractivity contribution in [1.82, 2.24) is 5.32 Å². The van der Waals surface area contributed by atoms with Crippen molar-refractivity contribution in [3.05, 3.63) is 55.6 Å². The molecule has 29 heavy (non-hydrogen) atoms. The molecule has 2 aromatic carbocycles. The Balaban J connectivity index is 2.05. The number of carbonyl (C=O) groups is 3. The fraction of sp³-hybridized carbons (Fsp3) is 0.150. The van der Waals surface area contributed by atoms with Gasteiger partial charge >= 0.3 is 6.03 Å². The van der Waals surface area contributed by atoms with Crippen LogP contribution in [0, 0.1) is 10.5 Å². The Labute approximate surface area is 185 Å². The predicted molar refractivity (Wildman–Crippen MR) is 117 cm³/mol. The van der Waals surface area contributed by atoms with Crippen LogP contribution in [-0.2, 0) is 9.59 Å². The summed E-state index contributed by atoms with van der Waals surface area (Å²) in [5.41, 5.74) is 1.27. The van der Waals surface area contributed by atoms with E-state index >= 15 is 0 Å². The van der Waals surface area contributed by atoms with Crippen LogP contribution in [0.15, 0.2) is 35.9 Å². The Kier molecular flexibility index (Phi) is 6.13. The minimum atomic E-state index is -0.854. The number of imide groups is 2. The van der Waals surface area contributed by atoms with E-state index in [4.69, 9.17) is 16.3 Å². The van der Waals surface area contributed by atoms with Gasteiger partial charge in [-0.1, -0.05) is 17.7 Å². The number of urea groups is 1. The summed E-state index contributed by atoms with van der Waals surface area (Å²) in [6.45, 7) is 3.90. The van der Waals surface area contributed by atoms with Gasteiger partial charge in [0.15, 0.2) is 11.5 Å². The van der Waals surface area contributed by atoms with Gasteiger partial charge < -0.3 is 9.84 Å². The predicted octanol–water partition coefficient (Wildman–Crippen LogP) is 4.02. The molecule has 2 N–H and O–H groups in total. The Morgan fingerprint density at radius 3 is 2.62 bits per heavy atom. The van der Waals surface area contributed by atoms with Crippen molar-refractivity contribution in [3.63, 3.8) is 0 Å². The van der Waals surface area contributed by atoms with E-state index in [0.717, 1.165) is 10.5 Å². The first-order chi connectivity index (χ1) is 13.7. The second-order valence-electron chi connectivity index (χ2n) is 6.17. The van der Waals surface area contributed by atoms with Crippen molar-refractivity contribution in [1.29, 1.82) is 0 Å². The zero-order chi connectivity index (χ0) is 21.3. The molecule has 0 bridgehead atoms. The molecular formula is C20H16ClIN2O5. The number of ether oxygens (including phenoxy) is 1. The molecule has 1 aliphatic heterocycles. The zero-order valence-corrected chi connectivity index (χ0v) is 18.4. The van der Waals surface area contributed by atoms with Gasteiger partial charge in [0, 0.05) is 5.02 Å². The van der Waals surface area contributed by atoms with E-state index in [1.54, 1.807) is 32.0 Å². The van der Waals surface area contributed by atoms with E-state index < -0.39 is 17.8 Å². The Bertz CT molecular complexity index is 1070. The van der Waals surface area contributed by atoms with E-state index in [1.807, 2.05) is 22.6 Å². The molecule has 150 valence electrons. The number of aryl methyl sites for hydroxylation is 1.